The van der Waals surface area contributed by atoms with Crippen molar-refractivity contribution in [3.8, 4) is 0 Å². The first kappa shape index (κ1) is 21.7. The standard InChI is InChI=1S/C12H22O2.C5H8O2/c1-8(2)7-11(9(3)4)14-12(13)10(5)6;1-4(2)5(6)7-3/h8-9,11H,5,7H2,1-4,6H3;1H2,2-3H3. The minimum atomic E-state index is -0.347. The summed E-state index contributed by atoms with van der Waals surface area (Å²) in [5.41, 5.74) is 0.905. The van der Waals surface area contributed by atoms with Gasteiger partial charge >= 0.3 is 11.9 Å². The van der Waals surface area contributed by atoms with Crippen molar-refractivity contribution in [2.75, 3.05) is 7.11 Å². The predicted octanol–water partition coefficient (Wildman–Crippen LogP) is 3.91. The SMILES string of the molecule is C=C(C)C(=O)OC.C=C(C)C(=O)OC(CC(C)C)C(C)C. The van der Waals surface area contributed by atoms with E-state index in [2.05, 4.69) is 45.6 Å². The summed E-state index contributed by atoms with van der Waals surface area (Å²) in [4.78, 5) is 21.5. The van der Waals surface area contributed by atoms with Gasteiger partial charge in [0.15, 0.2) is 0 Å². The summed E-state index contributed by atoms with van der Waals surface area (Å²) < 4.78 is 9.62. The average Bonchev–Trinajstić information content (AvgIpc) is 2.36. The second kappa shape index (κ2) is 11.1. The van der Waals surface area contributed by atoms with Gasteiger partial charge in [-0.2, -0.15) is 0 Å². The molecule has 0 amide bonds. The van der Waals surface area contributed by atoms with Gasteiger partial charge in [0.25, 0.3) is 0 Å². The molecule has 0 aromatic rings. The fourth-order valence-corrected chi connectivity index (χ4v) is 1.33. The lowest BCUT2D eigenvalue weighted by molar-refractivity contribution is -0.147. The van der Waals surface area contributed by atoms with Crippen LogP contribution in [0.25, 0.3) is 0 Å². The van der Waals surface area contributed by atoms with Crippen molar-refractivity contribution in [3.05, 3.63) is 24.3 Å². The number of esters is 2. The summed E-state index contributed by atoms with van der Waals surface area (Å²) in [5, 5.41) is 0. The van der Waals surface area contributed by atoms with E-state index in [1.807, 2.05) is 0 Å². The summed E-state index contributed by atoms with van der Waals surface area (Å²) in [6.07, 6.45) is 0.927. The second-order valence-electron chi connectivity index (χ2n) is 5.87. The van der Waals surface area contributed by atoms with Crippen molar-refractivity contribution in [3.63, 3.8) is 0 Å². The summed E-state index contributed by atoms with van der Waals surface area (Å²) >= 11 is 0. The van der Waals surface area contributed by atoms with Gasteiger partial charge in [0.05, 0.1) is 7.11 Å². The molecule has 4 nitrogen and oxygen atoms in total. The summed E-state index contributed by atoms with van der Waals surface area (Å²) in [6.45, 7) is 18.6. The average molecular weight is 298 g/mol. The van der Waals surface area contributed by atoms with Gasteiger partial charge in [-0.05, 0) is 32.1 Å². The van der Waals surface area contributed by atoms with E-state index in [0.29, 0.717) is 23.0 Å². The second-order valence-corrected chi connectivity index (χ2v) is 5.87. The first-order valence-electron chi connectivity index (χ1n) is 7.13. The molecule has 0 fully saturated rings. The Morgan fingerprint density at radius 3 is 1.57 bits per heavy atom. The lowest BCUT2D eigenvalue weighted by Crippen LogP contribution is -2.25. The molecule has 0 aliphatic carbocycles. The topological polar surface area (TPSA) is 52.6 Å². The van der Waals surface area contributed by atoms with Crippen molar-refractivity contribution in [2.45, 2.75) is 54.1 Å². The highest BCUT2D eigenvalue weighted by molar-refractivity contribution is 5.87. The molecule has 0 aliphatic rings. The third-order valence-electron chi connectivity index (χ3n) is 2.59. The van der Waals surface area contributed by atoms with Crippen LogP contribution in [0.2, 0.25) is 0 Å². The molecular formula is C17H30O4. The monoisotopic (exact) mass is 298 g/mol. The molecule has 4 heteroatoms. The number of rotatable bonds is 6. The summed E-state index contributed by atoms with van der Waals surface area (Å²) in [7, 11) is 1.33. The van der Waals surface area contributed by atoms with Gasteiger partial charge in [0, 0.05) is 11.1 Å². The van der Waals surface area contributed by atoms with Crippen LogP contribution in [0.15, 0.2) is 24.3 Å². The Labute approximate surface area is 129 Å². The number of hydrogen-bond donors (Lipinski definition) is 0. The fraction of sp³-hybridized carbons (Fsp3) is 0.647. The van der Waals surface area contributed by atoms with Crippen LogP contribution in [0.5, 0.6) is 0 Å². The first-order valence-corrected chi connectivity index (χ1v) is 7.13. The largest absolute Gasteiger partial charge is 0.466 e. The first-order chi connectivity index (χ1) is 9.52. The van der Waals surface area contributed by atoms with Gasteiger partial charge < -0.3 is 9.47 Å². The smallest absolute Gasteiger partial charge is 0.333 e. The molecule has 0 radical (unpaired) electrons. The maximum Gasteiger partial charge on any atom is 0.333 e. The molecule has 0 rings (SSSR count). The van der Waals surface area contributed by atoms with E-state index in [-0.39, 0.29) is 18.0 Å². The van der Waals surface area contributed by atoms with Crippen molar-refractivity contribution < 1.29 is 19.1 Å². The maximum atomic E-state index is 11.3. The van der Waals surface area contributed by atoms with E-state index in [1.54, 1.807) is 13.8 Å². The van der Waals surface area contributed by atoms with Crippen LogP contribution >= 0.6 is 0 Å². The lowest BCUT2D eigenvalue weighted by atomic mass is 9.97. The highest BCUT2D eigenvalue weighted by atomic mass is 16.5. The zero-order chi connectivity index (χ0) is 17.2. The number of hydrogen-bond acceptors (Lipinski definition) is 4. The third-order valence-corrected chi connectivity index (χ3v) is 2.59. The number of ether oxygens (including phenoxy) is 2. The van der Waals surface area contributed by atoms with Crippen molar-refractivity contribution >= 4 is 11.9 Å². The van der Waals surface area contributed by atoms with Crippen LogP contribution in [-0.4, -0.2) is 25.2 Å². The highest BCUT2D eigenvalue weighted by Gasteiger charge is 2.19. The fourth-order valence-electron chi connectivity index (χ4n) is 1.33. The van der Waals surface area contributed by atoms with Gasteiger partial charge in [-0.25, -0.2) is 9.59 Å². The number of carbonyl (C=O) groups excluding carboxylic acids is 2. The van der Waals surface area contributed by atoms with E-state index in [0.717, 1.165) is 6.42 Å². The van der Waals surface area contributed by atoms with Crippen LogP contribution in [0, 0.1) is 11.8 Å². The van der Waals surface area contributed by atoms with Crippen LogP contribution in [-0.2, 0) is 19.1 Å². The van der Waals surface area contributed by atoms with Gasteiger partial charge in [0.1, 0.15) is 6.10 Å². The molecule has 0 aliphatic heterocycles. The van der Waals surface area contributed by atoms with E-state index < -0.39 is 0 Å². The Kier molecular flexibility index (Phi) is 11.5. The minimum absolute atomic E-state index is 0.0131. The van der Waals surface area contributed by atoms with Crippen LogP contribution in [0.4, 0.5) is 0 Å². The normalized spacial score (nSPS) is 11.3. The van der Waals surface area contributed by atoms with Gasteiger partial charge in [-0.3, -0.25) is 0 Å². The molecule has 0 spiro atoms. The molecule has 0 aromatic heterocycles. The molecule has 1 atom stereocenters. The number of methoxy groups -OCH3 is 1. The van der Waals surface area contributed by atoms with Crippen LogP contribution in [0.1, 0.15) is 48.0 Å². The Morgan fingerprint density at radius 1 is 0.952 bits per heavy atom. The lowest BCUT2D eigenvalue weighted by Gasteiger charge is -2.23. The van der Waals surface area contributed by atoms with Gasteiger partial charge in [-0.15, -0.1) is 0 Å². The molecule has 0 saturated heterocycles. The van der Waals surface area contributed by atoms with E-state index in [9.17, 15) is 9.59 Å². The van der Waals surface area contributed by atoms with Crippen molar-refractivity contribution in [2.24, 2.45) is 11.8 Å². The van der Waals surface area contributed by atoms with E-state index in [4.69, 9.17) is 4.74 Å². The van der Waals surface area contributed by atoms with E-state index in [1.165, 1.54) is 7.11 Å². The Morgan fingerprint density at radius 2 is 1.38 bits per heavy atom. The molecule has 21 heavy (non-hydrogen) atoms. The molecule has 0 saturated carbocycles. The summed E-state index contributed by atoms with van der Waals surface area (Å²) in [6, 6.07) is 0. The Hall–Kier alpha value is -1.58. The summed E-state index contributed by atoms with van der Waals surface area (Å²) in [5.74, 6) is 0.283. The van der Waals surface area contributed by atoms with Crippen LogP contribution in [0.3, 0.4) is 0 Å². The van der Waals surface area contributed by atoms with Gasteiger partial charge in [-0.1, -0.05) is 40.9 Å². The zero-order valence-electron chi connectivity index (χ0n) is 14.5. The highest BCUT2D eigenvalue weighted by Crippen LogP contribution is 2.17. The molecule has 0 aromatic carbocycles. The molecule has 0 heterocycles. The van der Waals surface area contributed by atoms with Crippen molar-refractivity contribution in [1.82, 2.24) is 0 Å². The van der Waals surface area contributed by atoms with Crippen molar-refractivity contribution in [1.29, 1.82) is 0 Å². The predicted molar refractivity (Wildman–Crippen MR) is 85.8 cm³/mol. The van der Waals surface area contributed by atoms with E-state index >= 15 is 0 Å². The number of carbonyl (C=O) groups is 2. The van der Waals surface area contributed by atoms with Gasteiger partial charge in [0.2, 0.25) is 0 Å². The Balaban J connectivity index is 0. The molecular weight excluding hydrogens is 268 g/mol. The molecule has 1 unspecified atom stereocenters. The molecule has 0 bridgehead atoms. The zero-order valence-corrected chi connectivity index (χ0v) is 14.5. The van der Waals surface area contributed by atoms with Crippen LogP contribution < -0.4 is 0 Å². The molecule has 0 N–H and O–H groups in total. The quantitative estimate of drug-likeness (QED) is 0.551. The minimum Gasteiger partial charge on any atom is -0.466 e. The maximum absolute atomic E-state index is 11.3. The third kappa shape index (κ3) is 11.9. The Bertz CT molecular complexity index is 367. The molecule has 122 valence electrons.